The van der Waals surface area contributed by atoms with Gasteiger partial charge >= 0.3 is 0 Å². The minimum absolute atomic E-state index is 0. The van der Waals surface area contributed by atoms with E-state index in [0.29, 0.717) is 24.6 Å². The number of rotatable bonds is 5. The molecule has 0 spiro atoms. The predicted octanol–water partition coefficient (Wildman–Crippen LogP) is 0.827. The molecular formula is C14H22ClN3O3S. The largest absolute Gasteiger partial charge is 0.366 e. The smallest absolute Gasteiger partial charge is 0.248 e. The Morgan fingerprint density at radius 1 is 1.27 bits per heavy atom. The van der Waals surface area contributed by atoms with Gasteiger partial charge in [-0.3, -0.25) is 4.79 Å². The lowest BCUT2D eigenvalue weighted by molar-refractivity contribution is 0.1000. The molecule has 124 valence electrons. The summed E-state index contributed by atoms with van der Waals surface area (Å²) in [4.78, 5) is 11.2. The molecule has 8 heteroatoms. The standard InChI is InChI=1S/C14H21N3O3S.ClH/c1-16-10-11-6-8-17(9-7-11)21(19,20)13-4-2-12(3-5-13)14(15)18;/h2-5,11,16H,6-10H2,1H3,(H2,15,18);1H. The van der Waals surface area contributed by atoms with Gasteiger partial charge in [0.1, 0.15) is 0 Å². The second-order valence-electron chi connectivity index (χ2n) is 5.29. The van der Waals surface area contributed by atoms with Crippen molar-refractivity contribution in [1.29, 1.82) is 0 Å². The molecule has 0 saturated carbocycles. The zero-order valence-corrected chi connectivity index (χ0v) is 14.1. The van der Waals surface area contributed by atoms with Crippen molar-refractivity contribution in [3.8, 4) is 0 Å². The Morgan fingerprint density at radius 3 is 2.27 bits per heavy atom. The van der Waals surface area contributed by atoms with Crippen LogP contribution in [0, 0.1) is 5.92 Å². The van der Waals surface area contributed by atoms with Gasteiger partial charge in [-0.2, -0.15) is 4.31 Å². The van der Waals surface area contributed by atoms with E-state index >= 15 is 0 Å². The number of carbonyl (C=O) groups excluding carboxylic acids is 1. The Hall–Kier alpha value is -1.15. The highest BCUT2D eigenvalue weighted by molar-refractivity contribution is 7.89. The minimum Gasteiger partial charge on any atom is -0.366 e. The zero-order chi connectivity index (χ0) is 15.5. The number of primary amides is 1. The topological polar surface area (TPSA) is 92.5 Å². The van der Waals surface area contributed by atoms with Gasteiger partial charge in [-0.05, 0) is 56.6 Å². The lowest BCUT2D eigenvalue weighted by atomic mass is 9.98. The van der Waals surface area contributed by atoms with Gasteiger partial charge in [0.2, 0.25) is 15.9 Å². The Bertz CT molecular complexity index is 596. The minimum atomic E-state index is -3.48. The number of nitrogens with two attached hydrogens (primary N) is 1. The van der Waals surface area contributed by atoms with E-state index in [1.54, 1.807) is 0 Å². The van der Waals surface area contributed by atoms with Crippen molar-refractivity contribution in [3.05, 3.63) is 29.8 Å². The average molecular weight is 348 g/mol. The van der Waals surface area contributed by atoms with Crippen LogP contribution in [-0.2, 0) is 10.0 Å². The van der Waals surface area contributed by atoms with Gasteiger partial charge in [-0.15, -0.1) is 12.4 Å². The molecule has 0 aromatic heterocycles. The first-order chi connectivity index (χ1) is 9.95. The second-order valence-corrected chi connectivity index (χ2v) is 7.23. The van der Waals surface area contributed by atoms with Crippen molar-refractivity contribution in [3.63, 3.8) is 0 Å². The van der Waals surface area contributed by atoms with Gasteiger partial charge in [-0.25, -0.2) is 8.42 Å². The molecule has 1 saturated heterocycles. The van der Waals surface area contributed by atoms with Gasteiger partial charge in [0, 0.05) is 18.7 Å². The van der Waals surface area contributed by atoms with Crippen LogP contribution in [-0.4, -0.2) is 45.3 Å². The predicted molar refractivity (Wildman–Crippen MR) is 87.6 cm³/mol. The van der Waals surface area contributed by atoms with Gasteiger partial charge < -0.3 is 11.1 Å². The summed E-state index contributed by atoms with van der Waals surface area (Å²) in [6.45, 7) is 1.99. The number of carbonyl (C=O) groups is 1. The van der Waals surface area contributed by atoms with Crippen LogP contribution in [0.15, 0.2) is 29.2 Å². The molecule has 1 heterocycles. The van der Waals surface area contributed by atoms with Crippen LogP contribution < -0.4 is 11.1 Å². The highest BCUT2D eigenvalue weighted by Crippen LogP contribution is 2.23. The third-order valence-corrected chi connectivity index (χ3v) is 5.76. The molecule has 0 aliphatic carbocycles. The molecule has 1 aliphatic rings. The highest BCUT2D eigenvalue weighted by atomic mass is 35.5. The molecule has 0 bridgehead atoms. The van der Waals surface area contributed by atoms with Crippen molar-refractivity contribution in [1.82, 2.24) is 9.62 Å². The van der Waals surface area contributed by atoms with Crippen molar-refractivity contribution in [2.24, 2.45) is 11.7 Å². The summed E-state index contributed by atoms with van der Waals surface area (Å²) in [5.74, 6) is -0.0366. The fourth-order valence-corrected chi connectivity index (χ4v) is 4.05. The van der Waals surface area contributed by atoms with E-state index in [-0.39, 0.29) is 17.3 Å². The number of benzene rings is 1. The monoisotopic (exact) mass is 347 g/mol. The van der Waals surface area contributed by atoms with E-state index in [2.05, 4.69) is 5.32 Å². The quantitative estimate of drug-likeness (QED) is 0.825. The molecule has 1 aromatic carbocycles. The summed E-state index contributed by atoms with van der Waals surface area (Å²) in [5.41, 5.74) is 5.46. The van der Waals surface area contributed by atoms with E-state index < -0.39 is 15.9 Å². The third-order valence-electron chi connectivity index (χ3n) is 3.84. The van der Waals surface area contributed by atoms with Gasteiger partial charge in [-0.1, -0.05) is 0 Å². The SMILES string of the molecule is CNCC1CCN(S(=O)(=O)c2ccc(C(N)=O)cc2)CC1.Cl. The summed E-state index contributed by atoms with van der Waals surface area (Å²) >= 11 is 0. The van der Waals surface area contributed by atoms with Crippen molar-refractivity contribution in [2.45, 2.75) is 17.7 Å². The van der Waals surface area contributed by atoms with Crippen LogP contribution in [0.3, 0.4) is 0 Å². The molecule has 6 nitrogen and oxygen atoms in total. The molecule has 0 unspecified atom stereocenters. The number of nitrogens with one attached hydrogen (secondary N) is 1. The second kappa shape index (κ2) is 7.92. The number of hydrogen-bond donors (Lipinski definition) is 2. The van der Waals surface area contributed by atoms with Gasteiger partial charge in [0.05, 0.1) is 4.90 Å². The lowest BCUT2D eigenvalue weighted by Gasteiger charge is -2.31. The lowest BCUT2D eigenvalue weighted by Crippen LogP contribution is -2.40. The molecule has 0 atom stereocenters. The van der Waals surface area contributed by atoms with Crippen LogP contribution >= 0.6 is 12.4 Å². The number of halogens is 1. The maximum absolute atomic E-state index is 12.5. The Kier molecular flexibility index (Phi) is 6.80. The Balaban J connectivity index is 0.00000242. The Morgan fingerprint density at radius 2 is 1.82 bits per heavy atom. The number of nitrogens with zero attached hydrogens (tertiary/aromatic N) is 1. The summed E-state index contributed by atoms with van der Waals surface area (Å²) < 4.78 is 26.6. The van der Waals surface area contributed by atoms with E-state index in [1.165, 1.54) is 28.6 Å². The molecule has 1 amide bonds. The van der Waals surface area contributed by atoms with Crippen LogP contribution in [0.5, 0.6) is 0 Å². The molecule has 1 aromatic rings. The van der Waals surface area contributed by atoms with Crippen LogP contribution in [0.25, 0.3) is 0 Å². The van der Waals surface area contributed by atoms with Crippen LogP contribution in [0.1, 0.15) is 23.2 Å². The summed E-state index contributed by atoms with van der Waals surface area (Å²) in [6.07, 6.45) is 1.72. The first kappa shape index (κ1) is 18.9. The first-order valence-corrected chi connectivity index (χ1v) is 8.44. The maximum atomic E-state index is 12.5. The van der Waals surface area contributed by atoms with Crippen LogP contribution in [0.4, 0.5) is 0 Å². The number of amides is 1. The average Bonchev–Trinajstić information content (AvgIpc) is 2.48. The molecule has 0 radical (unpaired) electrons. The molecular weight excluding hydrogens is 326 g/mol. The fraction of sp³-hybridized carbons (Fsp3) is 0.500. The summed E-state index contributed by atoms with van der Waals surface area (Å²) in [6, 6.07) is 5.77. The van der Waals surface area contributed by atoms with Crippen molar-refractivity contribution < 1.29 is 13.2 Å². The molecule has 22 heavy (non-hydrogen) atoms. The maximum Gasteiger partial charge on any atom is 0.248 e. The van der Waals surface area contributed by atoms with Crippen molar-refractivity contribution in [2.75, 3.05) is 26.7 Å². The normalized spacial score (nSPS) is 17.0. The van der Waals surface area contributed by atoms with Crippen LogP contribution in [0.2, 0.25) is 0 Å². The van der Waals surface area contributed by atoms with Gasteiger partial charge in [0.25, 0.3) is 0 Å². The van der Waals surface area contributed by atoms with E-state index in [1.807, 2.05) is 7.05 Å². The van der Waals surface area contributed by atoms with E-state index in [4.69, 9.17) is 5.73 Å². The highest BCUT2D eigenvalue weighted by Gasteiger charge is 2.29. The molecule has 2 rings (SSSR count). The number of sulfonamides is 1. The van der Waals surface area contributed by atoms with Gasteiger partial charge in [0.15, 0.2) is 0 Å². The number of piperidine rings is 1. The fourth-order valence-electron chi connectivity index (χ4n) is 2.58. The van der Waals surface area contributed by atoms with E-state index in [9.17, 15) is 13.2 Å². The molecule has 1 fully saturated rings. The molecule has 1 aliphatic heterocycles. The third kappa shape index (κ3) is 4.19. The number of hydrogen-bond acceptors (Lipinski definition) is 4. The Labute approximate surface area is 137 Å². The van der Waals surface area contributed by atoms with Crippen molar-refractivity contribution >= 4 is 28.3 Å². The summed E-state index contributed by atoms with van der Waals surface area (Å²) in [7, 11) is -1.58. The zero-order valence-electron chi connectivity index (χ0n) is 12.5. The molecule has 3 N–H and O–H groups in total. The summed E-state index contributed by atoms with van der Waals surface area (Å²) in [5, 5.41) is 3.13. The van der Waals surface area contributed by atoms with E-state index in [0.717, 1.165) is 19.4 Å². The first-order valence-electron chi connectivity index (χ1n) is 6.99.